The average molecular weight is 254 g/mol. The van der Waals surface area contributed by atoms with E-state index >= 15 is 0 Å². The fourth-order valence-corrected chi connectivity index (χ4v) is 3.27. The minimum Gasteiger partial charge on any atom is -0.378 e. The number of hydrogen-bond donors (Lipinski definition) is 1. The Morgan fingerprint density at radius 3 is 2.56 bits per heavy atom. The summed E-state index contributed by atoms with van der Waals surface area (Å²) in [6.45, 7) is 3.99. The Morgan fingerprint density at radius 2 is 2.00 bits per heavy atom. The van der Waals surface area contributed by atoms with Gasteiger partial charge in [0.05, 0.1) is 12.0 Å². The van der Waals surface area contributed by atoms with Gasteiger partial charge in [0.1, 0.15) is 0 Å². The first-order chi connectivity index (χ1) is 8.74. The number of rotatable bonds is 4. The van der Waals surface area contributed by atoms with Gasteiger partial charge in [0.15, 0.2) is 0 Å². The van der Waals surface area contributed by atoms with E-state index < -0.39 is 0 Å². The minimum absolute atomic E-state index is 0.0541. The van der Waals surface area contributed by atoms with Gasteiger partial charge in [-0.1, -0.05) is 19.3 Å². The molecule has 1 aliphatic carbocycles. The second-order valence-electron chi connectivity index (χ2n) is 5.58. The summed E-state index contributed by atoms with van der Waals surface area (Å²) in [5, 5.41) is 0. The van der Waals surface area contributed by atoms with E-state index in [-0.39, 0.29) is 17.9 Å². The molecular formula is C14H26N2O2. The molecular weight excluding hydrogens is 228 g/mol. The summed E-state index contributed by atoms with van der Waals surface area (Å²) in [7, 11) is 0. The molecule has 2 N–H and O–H groups in total. The van der Waals surface area contributed by atoms with Crippen LogP contribution < -0.4 is 5.73 Å². The molecule has 2 atom stereocenters. The Kier molecular flexibility index (Phi) is 5.01. The highest BCUT2D eigenvalue weighted by atomic mass is 16.5. The lowest BCUT2D eigenvalue weighted by molar-refractivity contribution is -0.140. The molecule has 104 valence electrons. The highest BCUT2D eigenvalue weighted by Crippen LogP contribution is 2.28. The summed E-state index contributed by atoms with van der Waals surface area (Å²) >= 11 is 0. The van der Waals surface area contributed by atoms with Crippen molar-refractivity contribution in [3.8, 4) is 0 Å². The summed E-state index contributed by atoms with van der Waals surface area (Å²) in [6, 6.07) is 0.419. The Labute approximate surface area is 110 Å². The van der Waals surface area contributed by atoms with E-state index in [1.807, 2.05) is 6.92 Å². The van der Waals surface area contributed by atoms with Crippen LogP contribution in [0.3, 0.4) is 0 Å². The third-order valence-corrected chi connectivity index (χ3v) is 4.36. The van der Waals surface area contributed by atoms with Crippen molar-refractivity contribution < 1.29 is 9.53 Å². The van der Waals surface area contributed by atoms with Crippen molar-refractivity contribution in [3.63, 3.8) is 0 Å². The molecule has 2 unspecified atom stereocenters. The Morgan fingerprint density at radius 1 is 1.28 bits per heavy atom. The normalized spacial score (nSPS) is 29.4. The molecule has 4 heteroatoms. The molecule has 2 aliphatic rings. The van der Waals surface area contributed by atoms with Crippen LogP contribution in [0.5, 0.6) is 0 Å². The number of amides is 1. The third-order valence-electron chi connectivity index (χ3n) is 4.36. The molecule has 0 aromatic carbocycles. The first-order valence-electron chi connectivity index (χ1n) is 7.36. The van der Waals surface area contributed by atoms with Gasteiger partial charge in [0.25, 0.3) is 0 Å². The minimum atomic E-state index is 0.0541. The van der Waals surface area contributed by atoms with E-state index in [0.717, 1.165) is 25.9 Å². The Hall–Kier alpha value is -0.610. The van der Waals surface area contributed by atoms with Crippen LogP contribution in [-0.2, 0) is 9.53 Å². The van der Waals surface area contributed by atoms with Crippen LogP contribution in [0.1, 0.15) is 45.4 Å². The summed E-state index contributed by atoms with van der Waals surface area (Å²) in [5.41, 5.74) is 5.68. The SMILES string of the molecule is CC1OCCC1C(=O)N(CCN)C1CCCCC1. The molecule has 0 spiro atoms. The van der Waals surface area contributed by atoms with Crippen molar-refractivity contribution >= 4 is 5.91 Å². The van der Waals surface area contributed by atoms with Gasteiger partial charge in [0, 0.05) is 25.7 Å². The van der Waals surface area contributed by atoms with E-state index in [0.29, 0.717) is 19.1 Å². The maximum Gasteiger partial charge on any atom is 0.228 e. The van der Waals surface area contributed by atoms with Crippen molar-refractivity contribution in [1.82, 2.24) is 4.90 Å². The lowest BCUT2D eigenvalue weighted by Crippen LogP contribution is -2.47. The largest absolute Gasteiger partial charge is 0.378 e. The van der Waals surface area contributed by atoms with E-state index in [9.17, 15) is 4.79 Å². The van der Waals surface area contributed by atoms with Crippen LogP contribution >= 0.6 is 0 Å². The lowest BCUT2D eigenvalue weighted by atomic mass is 9.92. The molecule has 1 saturated heterocycles. The zero-order valence-electron chi connectivity index (χ0n) is 11.4. The molecule has 1 heterocycles. The van der Waals surface area contributed by atoms with Crippen molar-refractivity contribution in [2.24, 2.45) is 11.7 Å². The standard InChI is InChI=1S/C14H26N2O2/c1-11-13(7-10-18-11)14(17)16(9-8-15)12-5-3-2-4-6-12/h11-13H,2-10,15H2,1H3. The van der Waals surface area contributed by atoms with Crippen molar-refractivity contribution in [2.75, 3.05) is 19.7 Å². The van der Waals surface area contributed by atoms with Gasteiger partial charge >= 0.3 is 0 Å². The first kappa shape index (κ1) is 13.8. The molecule has 0 bridgehead atoms. The van der Waals surface area contributed by atoms with Gasteiger partial charge < -0.3 is 15.4 Å². The Balaban J connectivity index is 2.01. The Bertz CT molecular complexity index is 277. The molecule has 0 radical (unpaired) electrons. The van der Waals surface area contributed by atoms with E-state index in [2.05, 4.69) is 4.90 Å². The molecule has 1 amide bonds. The predicted octanol–water partition coefficient (Wildman–Crippen LogP) is 1.53. The average Bonchev–Trinajstić information content (AvgIpc) is 2.82. The van der Waals surface area contributed by atoms with Crippen LogP contribution in [0.2, 0.25) is 0 Å². The molecule has 0 aromatic rings. The molecule has 1 saturated carbocycles. The van der Waals surface area contributed by atoms with Crippen molar-refractivity contribution in [1.29, 1.82) is 0 Å². The zero-order valence-corrected chi connectivity index (χ0v) is 11.4. The fraction of sp³-hybridized carbons (Fsp3) is 0.929. The number of hydrogen-bond acceptors (Lipinski definition) is 3. The molecule has 2 fully saturated rings. The van der Waals surface area contributed by atoms with Crippen LogP contribution in [0.15, 0.2) is 0 Å². The summed E-state index contributed by atoms with van der Waals surface area (Å²) in [4.78, 5) is 14.7. The van der Waals surface area contributed by atoms with Crippen LogP contribution in [0, 0.1) is 5.92 Å². The second-order valence-corrected chi connectivity index (χ2v) is 5.58. The molecule has 18 heavy (non-hydrogen) atoms. The highest BCUT2D eigenvalue weighted by Gasteiger charge is 2.36. The number of carbonyl (C=O) groups is 1. The zero-order chi connectivity index (χ0) is 13.0. The summed E-state index contributed by atoms with van der Waals surface area (Å²) in [5.74, 6) is 0.329. The number of ether oxygens (including phenoxy) is 1. The second kappa shape index (κ2) is 6.53. The topological polar surface area (TPSA) is 55.6 Å². The lowest BCUT2D eigenvalue weighted by Gasteiger charge is -2.36. The van der Waals surface area contributed by atoms with Gasteiger partial charge in [-0.15, -0.1) is 0 Å². The fourth-order valence-electron chi connectivity index (χ4n) is 3.27. The quantitative estimate of drug-likeness (QED) is 0.828. The first-order valence-corrected chi connectivity index (χ1v) is 7.36. The van der Waals surface area contributed by atoms with Gasteiger partial charge in [-0.05, 0) is 26.2 Å². The van der Waals surface area contributed by atoms with Gasteiger partial charge in [-0.3, -0.25) is 4.79 Å². The maximum absolute atomic E-state index is 12.6. The number of nitrogens with zero attached hydrogens (tertiary/aromatic N) is 1. The molecule has 0 aromatic heterocycles. The van der Waals surface area contributed by atoms with E-state index in [4.69, 9.17) is 10.5 Å². The molecule has 1 aliphatic heterocycles. The predicted molar refractivity (Wildman–Crippen MR) is 71.2 cm³/mol. The molecule has 4 nitrogen and oxygen atoms in total. The van der Waals surface area contributed by atoms with Crippen LogP contribution in [0.4, 0.5) is 0 Å². The number of nitrogens with two attached hydrogens (primary N) is 1. The van der Waals surface area contributed by atoms with Crippen LogP contribution in [0.25, 0.3) is 0 Å². The van der Waals surface area contributed by atoms with Crippen LogP contribution in [-0.4, -0.2) is 42.6 Å². The highest BCUT2D eigenvalue weighted by molar-refractivity contribution is 5.80. The van der Waals surface area contributed by atoms with E-state index in [1.165, 1.54) is 19.3 Å². The van der Waals surface area contributed by atoms with Gasteiger partial charge in [0.2, 0.25) is 5.91 Å². The maximum atomic E-state index is 12.6. The summed E-state index contributed by atoms with van der Waals surface area (Å²) < 4.78 is 5.52. The van der Waals surface area contributed by atoms with Gasteiger partial charge in [-0.25, -0.2) is 0 Å². The molecule has 2 rings (SSSR count). The van der Waals surface area contributed by atoms with Crippen molar-refractivity contribution in [2.45, 2.75) is 57.6 Å². The monoisotopic (exact) mass is 254 g/mol. The third kappa shape index (κ3) is 3.04. The van der Waals surface area contributed by atoms with Gasteiger partial charge in [-0.2, -0.15) is 0 Å². The number of carbonyl (C=O) groups excluding carboxylic acids is 1. The summed E-state index contributed by atoms with van der Waals surface area (Å²) in [6.07, 6.45) is 7.03. The smallest absolute Gasteiger partial charge is 0.228 e. The van der Waals surface area contributed by atoms with Crippen molar-refractivity contribution in [3.05, 3.63) is 0 Å². The van der Waals surface area contributed by atoms with E-state index in [1.54, 1.807) is 0 Å².